The van der Waals surface area contributed by atoms with Crippen LogP contribution in [-0.2, 0) is 0 Å². The van der Waals surface area contributed by atoms with Gasteiger partial charge in [-0.3, -0.25) is 4.57 Å². The molecule has 0 fully saturated rings. The second kappa shape index (κ2) is 17.1. The van der Waals surface area contributed by atoms with Gasteiger partial charge in [0.15, 0.2) is 0 Å². The maximum Gasteiger partial charge on any atom is 0.235 e. The zero-order valence-corrected chi connectivity index (χ0v) is 36.2. The molecule has 0 spiro atoms. The van der Waals surface area contributed by atoms with Gasteiger partial charge >= 0.3 is 0 Å². The highest BCUT2D eigenvalue weighted by Crippen LogP contribution is 2.57. The molecule has 1 unspecified atom stereocenters. The third kappa shape index (κ3) is 7.23. The number of hydrogen-bond donors (Lipinski definition) is 0. The highest BCUT2D eigenvalue weighted by atomic mass is 32.2. The fraction of sp³-hybridized carbons (Fsp3) is 0.143. The van der Waals surface area contributed by atoms with Gasteiger partial charge in [0, 0.05) is 48.5 Å². The average Bonchev–Trinajstić information content (AvgIpc) is 3.90. The first-order valence-electron chi connectivity index (χ1n) is 21.4. The lowest BCUT2D eigenvalue weighted by molar-refractivity contribution is 0.826. The molecular weight excluding hydrogens is 761 g/mol. The van der Waals surface area contributed by atoms with Crippen LogP contribution in [0.4, 0.5) is 0 Å². The van der Waals surface area contributed by atoms with Gasteiger partial charge in [-0.2, -0.15) is 0 Å². The first-order chi connectivity index (χ1) is 30.0. The summed E-state index contributed by atoms with van der Waals surface area (Å²) >= 11 is 1.99. The van der Waals surface area contributed by atoms with E-state index < -0.39 is 0 Å². The highest BCUT2D eigenvalue weighted by molar-refractivity contribution is 8.01. The molecule has 0 saturated carbocycles. The molecule has 3 aliphatic rings. The summed E-state index contributed by atoms with van der Waals surface area (Å²) < 4.78 is 4.67. The van der Waals surface area contributed by atoms with Crippen molar-refractivity contribution in [3.8, 4) is 11.1 Å². The van der Waals surface area contributed by atoms with Crippen LogP contribution in [0.3, 0.4) is 0 Å². The lowest BCUT2D eigenvalue weighted by atomic mass is 9.86. The monoisotopic (exact) mass is 810 g/mol. The molecule has 0 saturated heterocycles. The van der Waals surface area contributed by atoms with Crippen molar-refractivity contribution in [3.05, 3.63) is 198 Å². The zero-order valence-electron chi connectivity index (χ0n) is 35.3. The van der Waals surface area contributed by atoms with Crippen molar-refractivity contribution in [2.24, 2.45) is 9.98 Å². The minimum absolute atomic E-state index is 0.0425. The summed E-state index contributed by atoms with van der Waals surface area (Å²) in [6.07, 6.45) is 26.3. The van der Waals surface area contributed by atoms with E-state index in [4.69, 9.17) is 16.6 Å². The van der Waals surface area contributed by atoms with Crippen LogP contribution in [0.1, 0.15) is 58.1 Å². The lowest BCUT2D eigenvalue weighted by Crippen LogP contribution is -2.32. The molecule has 0 bridgehead atoms. The molecule has 2 aliphatic heterocycles. The number of rotatable bonds is 4. The molecule has 7 aromatic rings. The fourth-order valence-electron chi connectivity index (χ4n) is 8.84. The van der Waals surface area contributed by atoms with Gasteiger partial charge in [-0.05, 0) is 104 Å². The zero-order chi connectivity index (χ0) is 41.9. The highest BCUT2D eigenvalue weighted by Gasteiger charge is 2.40. The summed E-state index contributed by atoms with van der Waals surface area (Å²) in [7, 11) is 0. The Kier molecular flexibility index (Phi) is 11.2. The van der Waals surface area contributed by atoms with Crippen LogP contribution >= 0.6 is 11.8 Å². The second-order valence-electron chi connectivity index (χ2n) is 15.4. The quantitative estimate of drug-likeness (QED) is 0.174. The van der Waals surface area contributed by atoms with Gasteiger partial charge in [0.2, 0.25) is 5.96 Å². The Hall–Kier alpha value is -6.69. The molecule has 0 N–H and O–H groups in total. The molecule has 300 valence electrons. The number of benzene rings is 5. The number of nitrogens with zero attached hydrogens (tertiary/aromatic N) is 4. The Labute approximate surface area is 363 Å². The van der Waals surface area contributed by atoms with Crippen molar-refractivity contribution in [2.45, 2.75) is 56.6 Å². The molecule has 1 atom stereocenters. The second-order valence-corrected chi connectivity index (χ2v) is 17.0. The number of fused-ring (bicyclic) bond motifs is 7. The Bertz CT molecular complexity index is 3200. The van der Waals surface area contributed by atoms with Gasteiger partial charge in [-0.1, -0.05) is 148 Å². The molecule has 0 amide bonds. The summed E-state index contributed by atoms with van der Waals surface area (Å²) in [6, 6.07) is 41.5. The number of thioether (sulfide) groups is 1. The standard InChI is InChI=1S/C54H44N4S.C2H6/c1-4-5-26-47-37(2)52-41(24-19-28-50(52)58(47)53-55-34-18-9-7-6-8-13-25-46(56-53)38-20-11-10-12-21-38)39-30-31-49-44(35-39)42-22-14-16-27-48(42)57(49)40-32-33-54(3)45(36-40)43-23-15-17-29-51(43)59-54;1-2/h4-6,8,10-32,34-36H,2,7,9,33H2,1,3H3;1-2H3/b5-4-,8-6+,25-13+,34-18-,47-26+,55-53+,56-46+;. The Morgan fingerprint density at radius 3 is 2.36 bits per heavy atom. The van der Waals surface area contributed by atoms with Crippen LogP contribution in [0.25, 0.3) is 67.8 Å². The smallest absolute Gasteiger partial charge is 0.235 e. The summed E-state index contributed by atoms with van der Waals surface area (Å²) in [6.45, 7) is 13.2. The van der Waals surface area contributed by atoms with E-state index in [1.165, 1.54) is 43.5 Å². The normalized spacial score (nSPS) is 21.2. The first kappa shape index (κ1) is 39.8. The first-order valence-corrected chi connectivity index (χ1v) is 22.2. The van der Waals surface area contributed by atoms with Crippen molar-refractivity contribution < 1.29 is 0 Å². The summed E-state index contributed by atoms with van der Waals surface area (Å²) in [5.74, 6) is 0.579. The predicted molar refractivity (Wildman–Crippen MR) is 266 cm³/mol. The topological polar surface area (TPSA) is 34.6 Å². The summed E-state index contributed by atoms with van der Waals surface area (Å²) in [4.78, 5) is 11.7. The Morgan fingerprint density at radius 1 is 0.738 bits per heavy atom. The van der Waals surface area contributed by atoms with E-state index >= 15 is 0 Å². The minimum Gasteiger partial charge on any atom is -0.310 e. The SMILES string of the molecule is C=c1/c(=C\C=C/C)n(C2=N/C=C\CC/C=C/C=C/C(c3ccccc3)=N\2)c2cccc(-c3ccc4c(c3)c3ccccc3n4C3=CCC4(C)Sc5ccccc5C4=C3)c12.CC. The van der Waals surface area contributed by atoms with E-state index in [1.54, 1.807) is 0 Å². The average molecular weight is 811 g/mol. The molecule has 2 aromatic heterocycles. The van der Waals surface area contributed by atoms with Gasteiger partial charge in [-0.15, -0.1) is 11.8 Å². The van der Waals surface area contributed by atoms with Gasteiger partial charge in [0.25, 0.3) is 0 Å². The molecule has 1 aliphatic carbocycles. The molecule has 10 rings (SSSR count). The number of hydrogen-bond acceptors (Lipinski definition) is 3. The lowest BCUT2D eigenvalue weighted by Gasteiger charge is -2.28. The summed E-state index contributed by atoms with van der Waals surface area (Å²) in [5, 5.41) is 5.41. The van der Waals surface area contributed by atoms with Crippen molar-refractivity contribution in [3.63, 3.8) is 0 Å². The van der Waals surface area contributed by atoms with Gasteiger partial charge < -0.3 is 4.57 Å². The molecule has 5 aromatic carbocycles. The van der Waals surface area contributed by atoms with E-state index in [9.17, 15) is 0 Å². The van der Waals surface area contributed by atoms with E-state index in [0.717, 1.165) is 63.1 Å². The number of para-hydroxylation sites is 1. The van der Waals surface area contributed by atoms with E-state index in [0.29, 0.717) is 5.96 Å². The van der Waals surface area contributed by atoms with E-state index in [2.05, 4.69) is 168 Å². The Morgan fingerprint density at radius 2 is 1.49 bits per heavy atom. The van der Waals surface area contributed by atoms with Crippen LogP contribution < -0.4 is 10.6 Å². The number of aromatic nitrogens is 2. The number of allylic oxidation sites excluding steroid dienone is 10. The van der Waals surface area contributed by atoms with Crippen LogP contribution in [0.15, 0.2) is 191 Å². The van der Waals surface area contributed by atoms with Gasteiger partial charge in [0.1, 0.15) is 0 Å². The molecule has 5 heteroatoms. The van der Waals surface area contributed by atoms with Crippen molar-refractivity contribution in [1.82, 2.24) is 9.13 Å². The number of aliphatic imine (C=N–C) groups is 2. The van der Waals surface area contributed by atoms with Gasteiger partial charge in [-0.25, -0.2) is 9.98 Å². The molecule has 4 nitrogen and oxygen atoms in total. The van der Waals surface area contributed by atoms with Crippen molar-refractivity contribution in [2.75, 3.05) is 0 Å². The predicted octanol–water partition coefficient (Wildman–Crippen LogP) is 13.5. The molecular formula is C56H50N4S. The molecule has 61 heavy (non-hydrogen) atoms. The third-order valence-electron chi connectivity index (χ3n) is 11.7. The molecule has 0 radical (unpaired) electrons. The van der Waals surface area contributed by atoms with E-state index in [-0.39, 0.29) is 4.75 Å². The van der Waals surface area contributed by atoms with Crippen molar-refractivity contribution in [1.29, 1.82) is 0 Å². The van der Waals surface area contributed by atoms with Crippen molar-refractivity contribution >= 4 is 80.1 Å². The summed E-state index contributed by atoms with van der Waals surface area (Å²) in [5.41, 5.74) is 11.5. The Balaban J connectivity index is 0.00000235. The van der Waals surface area contributed by atoms with Crippen LogP contribution in [0.2, 0.25) is 0 Å². The van der Waals surface area contributed by atoms with Crippen LogP contribution in [0.5, 0.6) is 0 Å². The maximum atomic E-state index is 5.32. The van der Waals surface area contributed by atoms with E-state index in [1.807, 2.05) is 63.0 Å². The maximum absolute atomic E-state index is 5.32. The van der Waals surface area contributed by atoms with Crippen LogP contribution in [0, 0.1) is 0 Å². The van der Waals surface area contributed by atoms with Gasteiger partial charge in [0.05, 0.1) is 27.6 Å². The minimum atomic E-state index is 0.0425. The fourth-order valence-corrected chi connectivity index (χ4v) is 10.2. The largest absolute Gasteiger partial charge is 0.310 e. The van der Waals surface area contributed by atoms with Crippen LogP contribution in [-0.4, -0.2) is 25.6 Å². The third-order valence-corrected chi connectivity index (χ3v) is 13.1. The molecule has 4 heterocycles.